The van der Waals surface area contributed by atoms with Gasteiger partial charge in [0.05, 0.1) is 7.11 Å². The Morgan fingerprint density at radius 3 is 1.88 bits per heavy atom. The van der Waals surface area contributed by atoms with Crippen LogP contribution in [0.5, 0.6) is 0 Å². The number of hydrogen-bond donors (Lipinski definition) is 0. The summed E-state index contributed by atoms with van der Waals surface area (Å²) in [6.07, 6.45) is 3.57. The summed E-state index contributed by atoms with van der Waals surface area (Å²) in [6.45, 7) is 2.93. The van der Waals surface area contributed by atoms with Crippen LogP contribution in [0.2, 0.25) is 0 Å². The Balaban J connectivity index is 1.84. The van der Waals surface area contributed by atoms with E-state index in [9.17, 15) is 4.79 Å². The lowest BCUT2D eigenvalue weighted by atomic mass is 10.1. The van der Waals surface area contributed by atoms with Crippen molar-refractivity contribution >= 4 is 5.97 Å². The first kappa shape index (κ1) is 18.2. The highest BCUT2D eigenvalue weighted by Gasteiger charge is 2.07. The fraction of sp³-hybridized carbons (Fsp3) is 0.381. The molecule has 2 rings (SSSR count). The van der Waals surface area contributed by atoms with E-state index in [1.54, 1.807) is 0 Å². The third-order valence-corrected chi connectivity index (χ3v) is 4.08. The van der Waals surface area contributed by atoms with Gasteiger partial charge in [-0.25, -0.2) is 0 Å². The van der Waals surface area contributed by atoms with Gasteiger partial charge in [-0.3, -0.25) is 9.69 Å². The van der Waals surface area contributed by atoms with Gasteiger partial charge in [-0.2, -0.15) is 0 Å². The molecule has 0 aliphatic heterocycles. The van der Waals surface area contributed by atoms with E-state index in [1.807, 2.05) is 0 Å². The van der Waals surface area contributed by atoms with Gasteiger partial charge in [0.25, 0.3) is 0 Å². The maximum atomic E-state index is 11.2. The van der Waals surface area contributed by atoms with Crippen molar-refractivity contribution in [3.63, 3.8) is 0 Å². The Morgan fingerprint density at radius 2 is 1.38 bits per heavy atom. The summed E-state index contributed by atoms with van der Waals surface area (Å²) in [7, 11) is 1.45. The first-order valence-corrected chi connectivity index (χ1v) is 8.65. The van der Waals surface area contributed by atoms with Crippen molar-refractivity contribution in [2.45, 2.75) is 38.8 Å². The van der Waals surface area contributed by atoms with E-state index in [1.165, 1.54) is 18.2 Å². The molecule has 0 spiro atoms. The lowest BCUT2D eigenvalue weighted by Gasteiger charge is -2.22. The van der Waals surface area contributed by atoms with E-state index in [-0.39, 0.29) is 5.97 Å². The number of hydrogen-bond acceptors (Lipinski definition) is 3. The second-order valence-corrected chi connectivity index (χ2v) is 6.07. The first-order chi connectivity index (χ1) is 11.8. The second-order valence-electron chi connectivity index (χ2n) is 6.07. The Hall–Kier alpha value is -2.13. The molecule has 0 atom stereocenters. The number of ether oxygens (including phenoxy) is 1. The first-order valence-electron chi connectivity index (χ1n) is 8.65. The maximum Gasteiger partial charge on any atom is 0.305 e. The van der Waals surface area contributed by atoms with Gasteiger partial charge in [0.15, 0.2) is 0 Å². The van der Waals surface area contributed by atoms with Crippen molar-refractivity contribution in [1.29, 1.82) is 0 Å². The molecule has 0 heterocycles. The van der Waals surface area contributed by atoms with Gasteiger partial charge in [0, 0.05) is 19.5 Å². The number of esters is 1. The number of unbranched alkanes of at least 4 members (excludes halogenated alkanes) is 2. The highest BCUT2D eigenvalue weighted by Crippen LogP contribution is 2.12. The Bertz CT molecular complexity index is 542. The molecule has 2 aromatic rings. The topological polar surface area (TPSA) is 29.5 Å². The van der Waals surface area contributed by atoms with Gasteiger partial charge in [0.1, 0.15) is 0 Å². The van der Waals surface area contributed by atoms with Crippen molar-refractivity contribution in [1.82, 2.24) is 4.90 Å². The van der Waals surface area contributed by atoms with Gasteiger partial charge in [-0.15, -0.1) is 0 Å². The highest BCUT2D eigenvalue weighted by molar-refractivity contribution is 5.68. The summed E-state index contributed by atoms with van der Waals surface area (Å²) < 4.78 is 4.69. The molecule has 0 aliphatic rings. The molecule has 128 valence electrons. The van der Waals surface area contributed by atoms with E-state index in [2.05, 4.69) is 70.3 Å². The summed E-state index contributed by atoms with van der Waals surface area (Å²) in [6, 6.07) is 21.2. The zero-order chi connectivity index (χ0) is 17.0. The van der Waals surface area contributed by atoms with Gasteiger partial charge in [0.2, 0.25) is 0 Å². The zero-order valence-electron chi connectivity index (χ0n) is 14.5. The maximum absolute atomic E-state index is 11.2. The Labute approximate surface area is 145 Å². The third-order valence-electron chi connectivity index (χ3n) is 4.08. The molecule has 3 heteroatoms. The van der Waals surface area contributed by atoms with Crippen molar-refractivity contribution in [3.05, 3.63) is 71.8 Å². The smallest absolute Gasteiger partial charge is 0.305 e. The predicted molar refractivity (Wildman–Crippen MR) is 97.5 cm³/mol. The fourth-order valence-electron chi connectivity index (χ4n) is 2.78. The van der Waals surface area contributed by atoms with Crippen LogP contribution >= 0.6 is 0 Å². The third kappa shape index (κ3) is 6.97. The molecule has 0 aromatic heterocycles. The van der Waals surface area contributed by atoms with Crippen LogP contribution in [-0.4, -0.2) is 24.5 Å². The summed E-state index contributed by atoms with van der Waals surface area (Å²) in [4.78, 5) is 13.6. The second kappa shape index (κ2) is 10.6. The van der Waals surface area contributed by atoms with Crippen molar-refractivity contribution in [3.8, 4) is 0 Å². The average Bonchev–Trinajstić information content (AvgIpc) is 2.62. The van der Waals surface area contributed by atoms with Crippen LogP contribution in [-0.2, 0) is 22.6 Å². The van der Waals surface area contributed by atoms with Gasteiger partial charge in [-0.1, -0.05) is 67.1 Å². The fourth-order valence-corrected chi connectivity index (χ4v) is 2.78. The standard InChI is InChI=1S/C21H27NO2/c1-24-21(23)15-9-4-10-16-22(17-19-11-5-2-6-12-19)18-20-13-7-3-8-14-20/h2-3,5-8,11-14H,4,9-10,15-18H2,1H3. The molecular formula is C21H27NO2. The molecule has 0 bridgehead atoms. The van der Waals surface area contributed by atoms with Crippen molar-refractivity contribution in [2.75, 3.05) is 13.7 Å². The Kier molecular flexibility index (Phi) is 8.05. The molecule has 0 fully saturated rings. The molecule has 0 N–H and O–H groups in total. The van der Waals surface area contributed by atoms with Crippen LogP contribution in [0.3, 0.4) is 0 Å². The number of methoxy groups -OCH3 is 1. The van der Waals surface area contributed by atoms with Crippen LogP contribution in [0.15, 0.2) is 60.7 Å². The summed E-state index contributed by atoms with van der Waals surface area (Å²) in [5, 5.41) is 0. The number of carbonyl (C=O) groups excluding carboxylic acids is 1. The molecular weight excluding hydrogens is 298 g/mol. The zero-order valence-corrected chi connectivity index (χ0v) is 14.5. The van der Waals surface area contributed by atoms with E-state index in [0.717, 1.165) is 38.9 Å². The van der Waals surface area contributed by atoms with Crippen molar-refractivity contribution < 1.29 is 9.53 Å². The summed E-state index contributed by atoms with van der Waals surface area (Å²) in [5.74, 6) is -0.111. The van der Waals surface area contributed by atoms with Crippen LogP contribution in [0.4, 0.5) is 0 Å². The molecule has 2 aromatic carbocycles. The minimum absolute atomic E-state index is 0.111. The quantitative estimate of drug-likeness (QED) is 0.478. The lowest BCUT2D eigenvalue weighted by Crippen LogP contribution is -2.24. The lowest BCUT2D eigenvalue weighted by molar-refractivity contribution is -0.140. The summed E-state index contributed by atoms with van der Waals surface area (Å²) in [5.41, 5.74) is 2.67. The average molecular weight is 325 g/mol. The number of nitrogens with zero attached hydrogens (tertiary/aromatic N) is 1. The number of carbonyl (C=O) groups is 1. The van der Waals surface area contributed by atoms with Gasteiger partial charge < -0.3 is 4.74 Å². The molecule has 24 heavy (non-hydrogen) atoms. The monoisotopic (exact) mass is 325 g/mol. The van der Waals surface area contributed by atoms with Crippen molar-refractivity contribution in [2.24, 2.45) is 0 Å². The highest BCUT2D eigenvalue weighted by atomic mass is 16.5. The molecule has 0 saturated carbocycles. The molecule has 0 unspecified atom stereocenters. The van der Waals surface area contributed by atoms with Gasteiger partial charge >= 0.3 is 5.97 Å². The minimum Gasteiger partial charge on any atom is -0.469 e. The van der Waals surface area contributed by atoms with Crippen LogP contribution in [0.25, 0.3) is 0 Å². The molecule has 0 saturated heterocycles. The molecule has 0 amide bonds. The van der Waals surface area contributed by atoms with E-state index in [0.29, 0.717) is 6.42 Å². The van der Waals surface area contributed by atoms with E-state index < -0.39 is 0 Å². The van der Waals surface area contributed by atoms with E-state index in [4.69, 9.17) is 0 Å². The minimum atomic E-state index is -0.111. The van der Waals surface area contributed by atoms with Crippen LogP contribution < -0.4 is 0 Å². The Morgan fingerprint density at radius 1 is 0.833 bits per heavy atom. The molecule has 0 radical (unpaired) electrons. The molecule has 0 aliphatic carbocycles. The largest absolute Gasteiger partial charge is 0.469 e. The molecule has 3 nitrogen and oxygen atoms in total. The van der Waals surface area contributed by atoms with Crippen LogP contribution in [0, 0.1) is 0 Å². The van der Waals surface area contributed by atoms with Gasteiger partial charge in [-0.05, 0) is 30.5 Å². The normalized spacial score (nSPS) is 10.8. The summed E-state index contributed by atoms with van der Waals surface area (Å²) >= 11 is 0. The van der Waals surface area contributed by atoms with Crippen LogP contribution in [0.1, 0.15) is 36.8 Å². The predicted octanol–water partition coefficient (Wildman–Crippen LogP) is 4.42. The number of benzene rings is 2. The SMILES string of the molecule is COC(=O)CCCCCN(Cc1ccccc1)Cc1ccccc1. The number of rotatable bonds is 10. The van der Waals surface area contributed by atoms with E-state index >= 15 is 0 Å².